The van der Waals surface area contributed by atoms with Gasteiger partial charge in [-0.25, -0.2) is 4.98 Å². The van der Waals surface area contributed by atoms with Gasteiger partial charge < -0.3 is 10.1 Å². The highest BCUT2D eigenvalue weighted by molar-refractivity contribution is 7.98. The van der Waals surface area contributed by atoms with Crippen LogP contribution in [0.1, 0.15) is 18.9 Å². The van der Waals surface area contributed by atoms with Gasteiger partial charge in [0.15, 0.2) is 5.16 Å². The van der Waals surface area contributed by atoms with Gasteiger partial charge in [0.25, 0.3) is 0 Å². The van der Waals surface area contributed by atoms with E-state index in [4.69, 9.17) is 4.74 Å². The van der Waals surface area contributed by atoms with Crippen LogP contribution in [0, 0.1) is 0 Å². The SMILES string of the molecule is CCCc1ccc(Oc2cc(NC)nc(SC)n2)cc1. The smallest absolute Gasteiger partial charge is 0.225 e. The zero-order valence-corrected chi connectivity index (χ0v) is 12.8. The average molecular weight is 289 g/mol. The van der Waals surface area contributed by atoms with Gasteiger partial charge in [0.2, 0.25) is 5.88 Å². The molecule has 4 nitrogen and oxygen atoms in total. The Morgan fingerprint density at radius 1 is 1.20 bits per heavy atom. The Bertz CT molecular complexity index is 535. The molecule has 0 bridgehead atoms. The van der Waals surface area contributed by atoms with Gasteiger partial charge in [-0.05, 0) is 30.4 Å². The Morgan fingerprint density at radius 3 is 2.55 bits per heavy atom. The van der Waals surface area contributed by atoms with Crippen molar-refractivity contribution in [2.24, 2.45) is 0 Å². The van der Waals surface area contributed by atoms with Gasteiger partial charge in [-0.15, -0.1) is 0 Å². The van der Waals surface area contributed by atoms with E-state index >= 15 is 0 Å². The van der Waals surface area contributed by atoms with Crippen LogP contribution in [0.25, 0.3) is 0 Å². The van der Waals surface area contributed by atoms with Gasteiger partial charge in [0.1, 0.15) is 11.6 Å². The molecule has 1 aromatic heterocycles. The fourth-order valence-electron chi connectivity index (χ4n) is 1.81. The summed E-state index contributed by atoms with van der Waals surface area (Å²) in [5, 5.41) is 3.70. The molecular weight excluding hydrogens is 270 g/mol. The second-order valence-electron chi connectivity index (χ2n) is 4.32. The standard InChI is InChI=1S/C15H19N3OS/c1-4-5-11-6-8-12(9-7-11)19-14-10-13(16-2)17-15(18-14)20-3/h6-10H,4-5H2,1-3H3,(H,16,17,18). The number of hydrogen-bond acceptors (Lipinski definition) is 5. The molecule has 0 atom stereocenters. The number of rotatable bonds is 6. The highest BCUT2D eigenvalue weighted by Crippen LogP contribution is 2.24. The van der Waals surface area contributed by atoms with Crippen LogP contribution in [-0.4, -0.2) is 23.3 Å². The second kappa shape index (κ2) is 7.14. The highest BCUT2D eigenvalue weighted by Gasteiger charge is 2.05. The Kier molecular flexibility index (Phi) is 5.24. The van der Waals surface area contributed by atoms with E-state index in [2.05, 4.69) is 34.3 Å². The van der Waals surface area contributed by atoms with Crippen molar-refractivity contribution >= 4 is 17.6 Å². The van der Waals surface area contributed by atoms with Gasteiger partial charge in [0.05, 0.1) is 0 Å². The summed E-state index contributed by atoms with van der Waals surface area (Å²) < 4.78 is 5.79. The summed E-state index contributed by atoms with van der Waals surface area (Å²) in [7, 11) is 1.83. The van der Waals surface area contributed by atoms with E-state index in [1.807, 2.05) is 25.4 Å². The van der Waals surface area contributed by atoms with Gasteiger partial charge in [-0.1, -0.05) is 37.2 Å². The van der Waals surface area contributed by atoms with Crippen LogP contribution in [0.5, 0.6) is 11.6 Å². The number of benzene rings is 1. The summed E-state index contributed by atoms with van der Waals surface area (Å²) >= 11 is 1.49. The summed E-state index contributed by atoms with van der Waals surface area (Å²) in [6, 6.07) is 9.93. The topological polar surface area (TPSA) is 47.0 Å². The molecule has 0 saturated heterocycles. The largest absolute Gasteiger partial charge is 0.439 e. The third-order valence-corrected chi connectivity index (χ3v) is 3.35. The molecule has 0 aliphatic rings. The maximum atomic E-state index is 5.79. The first-order valence-electron chi connectivity index (χ1n) is 6.62. The Labute approximate surface area is 124 Å². The lowest BCUT2D eigenvalue weighted by Gasteiger charge is -2.08. The highest BCUT2D eigenvalue weighted by atomic mass is 32.2. The molecule has 1 aromatic carbocycles. The Hall–Kier alpha value is -1.75. The fourth-order valence-corrected chi connectivity index (χ4v) is 2.18. The molecule has 0 amide bonds. The van der Waals surface area contributed by atoms with Gasteiger partial charge in [-0.3, -0.25) is 0 Å². The molecule has 20 heavy (non-hydrogen) atoms. The average Bonchev–Trinajstić information content (AvgIpc) is 2.49. The van der Waals surface area contributed by atoms with Gasteiger partial charge in [0, 0.05) is 13.1 Å². The maximum absolute atomic E-state index is 5.79. The quantitative estimate of drug-likeness (QED) is 0.643. The lowest BCUT2D eigenvalue weighted by Crippen LogP contribution is -1.98. The van der Waals surface area contributed by atoms with Crippen molar-refractivity contribution in [1.82, 2.24) is 9.97 Å². The number of hydrogen-bond donors (Lipinski definition) is 1. The van der Waals surface area contributed by atoms with E-state index in [1.165, 1.54) is 17.3 Å². The lowest BCUT2D eigenvalue weighted by molar-refractivity contribution is 0.456. The molecule has 0 aliphatic carbocycles. The molecule has 0 fully saturated rings. The maximum Gasteiger partial charge on any atom is 0.225 e. The van der Waals surface area contributed by atoms with Crippen molar-refractivity contribution in [1.29, 1.82) is 0 Å². The number of nitrogens with zero attached hydrogens (tertiary/aromatic N) is 2. The normalized spacial score (nSPS) is 10.3. The molecule has 106 valence electrons. The number of aromatic nitrogens is 2. The number of aryl methyl sites for hydroxylation is 1. The summed E-state index contributed by atoms with van der Waals surface area (Å²) in [6.45, 7) is 2.18. The zero-order chi connectivity index (χ0) is 14.4. The molecule has 0 radical (unpaired) electrons. The Balaban J connectivity index is 2.16. The second-order valence-corrected chi connectivity index (χ2v) is 5.10. The molecule has 5 heteroatoms. The van der Waals surface area contributed by atoms with E-state index in [0.29, 0.717) is 11.0 Å². The molecule has 0 aliphatic heterocycles. The summed E-state index contributed by atoms with van der Waals surface area (Å²) in [5.41, 5.74) is 1.32. The van der Waals surface area contributed by atoms with E-state index in [0.717, 1.165) is 24.4 Å². The molecule has 2 rings (SSSR count). The van der Waals surface area contributed by atoms with E-state index in [1.54, 1.807) is 6.07 Å². The van der Waals surface area contributed by atoms with Crippen molar-refractivity contribution in [3.05, 3.63) is 35.9 Å². The summed E-state index contributed by atoms with van der Waals surface area (Å²) in [5.74, 6) is 2.09. The lowest BCUT2D eigenvalue weighted by atomic mass is 10.1. The van der Waals surface area contributed by atoms with Crippen molar-refractivity contribution in [3.8, 4) is 11.6 Å². The predicted molar refractivity (Wildman–Crippen MR) is 83.9 cm³/mol. The van der Waals surface area contributed by atoms with E-state index in [-0.39, 0.29) is 0 Å². The molecule has 2 aromatic rings. The molecule has 0 saturated carbocycles. The first kappa shape index (κ1) is 14.7. The third-order valence-electron chi connectivity index (χ3n) is 2.81. The van der Waals surface area contributed by atoms with Crippen LogP contribution in [0.3, 0.4) is 0 Å². The minimum Gasteiger partial charge on any atom is -0.439 e. The Morgan fingerprint density at radius 2 is 1.95 bits per heavy atom. The number of ether oxygens (including phenoxy) is 1. The van der Waals surface area contributed by atoms with Crippen molar-refractivity contribution in [2.45, 2.75) is 24.9 Å². The van der Waals surface area contributed by atoms with Crippen LogP contribution >= 0.6 is 11.8 Å². The number of anilines is 1. The zero-order valence-electron chi connectivity index (χ0n) is 12.0. The van der Waals surface area contributed by atoms with Crippen molar-refractivity contribution in [3.63, 3.8) is 0 Å². The monoisotopic (exact) mass is 289 g/mol. The number of thioether (sulfide) groups is 1. The summed E-state index contributed by atoms with van der Waals surface area (Å²) in [4.78, 5) is 8.65. The minimum absolute atomic E-state index is 0.553. The third kappa shape index (κ3) is 3.87. The molecular formula is C15H19N3OS. The van der Waals surface area contributed by atoms with Crippen LogP contribution in [0.15, 0.2) is 35.5 Å². The van der Waals surface area contributed by atoms with Crippen LogP contribution in [0.4, 0.5) is 5.82 Å². The van der Waals surface area contributed by atoms with Crippen molar-refractivity contribution in [2.75, 3.05) is 18.6 Å². The first-order valence-corrected chi connectivity index (χ1v) is 7.85. The van der Waals surface area contributed by atoms with Crippen LogP contribution in [-0.2, 0) is 6.42 Å². The van der Waals surface area contributed by atoms with Gasteiger partial charge >= 0.3 is 0 Å². The van der Waals surface area contributed by atoms with Gasteiger partial charge in [-0.2, -0.15) is 4.98 Å². The van der Waals surface area contributed by atoms with Crippen LogP contribution in [0.2, 0.25) is 0 Å². The fraction of sp³-hybridized carbons (Fsp3) is 0.333. The molecule has 0 spiro atoms. The van der Waals surface area contributed by atoms with E-state index < -0.39 is 0 Å². The predicted octanol–water partition coefficient (Wildman–Crippen LogP) is 3.99. The number of nitrogens with one attached hydrogen (secondary N) is 1. The molecule has 1 N–H and O–H groups in total. The first-order chi connectivity index (χ1) is 9.75. The molecule has 0 unspecified atom stereocenters. The summed E-state index contributed by atoms with van der Waals surface area (Å²) in [6.07, 6.45) is 4.18. The minimum atomic E-state index is 0.553. The molecule has 1 heterocycles. The van der Waals surface area contributed by atoms with Crippen LogP contribution < -0.4 is 10.1 Å². The van der Waals surface area contributed by atoms with E-state index in [9.17, 15) is 0 Å². The van der Waals surface area contributed by atoms with Crippen molar-refractivity contribution < 1.29 is 4.74 Å².